The first-order valence-electron chi connectivity index (χ1n) is 14.2. The second kappa shape index (κ2) is 15.0. The molecule has 0 spiro atoms. The molecular weight excluding hydrogens is 613 g/mol. The van der Waals surface area contributed by atoms with Gasteiger partial charge in [-0.15, -0.1) is 0 Å². The third kappa shape index (κ3) is 9.26. The van der Waals surface area contributed by atoms with Crippen molar-refractivity contribution in [1.82, 2.24) is 15.8 Å². The average Bonchev–Trinajstić information content (AvgIpc) is 3.25. The van der Waals surface area contributed by atoms with Gasteiger partial charge in [-0.25, -0.2) is 19.8 Å². The Kier molecular flexibility index (Phi) is 11.7. The van der Waals surface area contributed by atoms with Crippen molar-refractivity contribution in [2.75, 3.05) is 18.5 Å². The minimum absolute atomic E-state index is 0.0442. The number of amides is 1. The molecular formula is C29H35Cl2F4N5O3. The van der Waals surface area contributed by atoms with Crippen LogP contribution in [0.3, 0.4) is 0 Å². The maximum atomic E-state index is 14.6. The second-order valence-corrected chi connectivity index (χ2v) is 11.8. The lowest BCUT2D eigenvalue weighted by molar-refractivity contribution is -0.169. The Morgan fingerprint density at radius 1 is 1.07 bits per heavy atom. The predicted octanol–water partition coefficient (Wildman–Crippen LogP) is 5.74. The number of aliphatic hydroxyl groups excluding tert-OH is 2. The maximum Gasteiger partial charge on any atom is 0.405 e. The van der Waals surface area contributed by atoms with E-state index < -0.39 is 48.7 Å². The van der Waals surface area contributed by atoms with E-state index in [4.69, 9.17) is 23.2 Å². The molecule has 1 amide bonds. The van der Waals surface area contributed by atoms with Crippen molar-refractivity contribution in [1.29, 1.82) is 0 Å². The molecule has 0 bridgehead atoms. The Morgan fingerprint density at radius 2 is 1.77 bits per heavy atom. The number of carbonyl (C=O) groups is 1. The number of guanidine groups is 1. The molecule has 1 heterocycles. The van der Waals surface area contributed by atoms with Crippen LogP contribution in [0.2, 0.25) is 10.0 Å². The van der Waals surface area contributed by atoms with Gasteiger partial charge in [-0.3, -0.25) is 10.1 Å². The average molecular weight is 649 g/mol. The number of alkyl halides is 3. The van der Waals surface area contributed by atoms with E-state index in [1.54, 1.807) is 12.1 Å². The molecule has 0 aromatic heterocycles. The zero-order valence-corrected chi connectivity index (χ0v) is 24.8. The summed E-state index contributed by atoms with van der Waals surface area (Å²) in [5, 5.41) is 26.6. The van der Waals surface area contributed by atoms with Gasteiger partial charge in [0.1, 0.15) is 18.0 Å². The van der Waals surface area contributed by atoms with E-state index in [2.05, 4.69) is 21.1 Å². The fraction of sp³-hybridized carbons (Fsp3) is 0.517. The van der Waals surface area contributed by atoms with Gasteiger partial charge in [0.25, 0.3) is 5.91 Å². The number of nitrogens with zero attached hydrogens (tertiary/aromatic N) is 2. The second-order valence-electron chi connectivity index (χ2n) is 11.0. The van der Waals surface area contributed by atoms with Crippen LogP contribution in [0.15, 0.2) is 47.5 Å². The molecule has 4 atom stereocenters. The van der Waals surface area contributed by atoms with Crippen LogP contribution >= 0.6 is 23.2 Å². The maximum absolute atomic E-state index is 14.6. The molecule has 2 aromatic carbocycles. The van der Waals surface area contributed by atoms with Crippen LogP contribution in [0, 0.1) is 17.7 Å². The molecule has 2 aromatic rings. The summed E-state index contributed by atoms with van der Waals surface area (Å²) >= 11 is 12.1. The van der Waals surface area contributed by atoms with E-state index in [1.165, 1.54) is 18.2 Å². The number of halogens is 6. The molecule has 0 radical (unpaired) electrons. The van der Waals surface area contributed by atoms with Crippen molar-refractivity contribution in [2.45, 2.75) is 69.4 Å². The molecule has 1 aliphatic heterocycles. The quantitative estimate of drug-likeness (QED) is 0.149. The molecule has 1 aliphatic carbocycles. The number of aliphatic hydroxyl groups is 2. The summed E-state index contributed by atoms with van der Waals surface area (Å²) in [4.78, 5) is 17.8. The topological polar surface area (TPSA) is 109 Å². The minimum atomic E-state index is -4.66. The van der Waals surface area contributed by atoms with E-state index in [0.29, 0.717) is 12.8 Å². The van der Waals surface area contributed by atoms with Gasteiger partial charge in [-0.2, -0.15) is 13.2 Å². The van der Waals surface area contributed by atoms with Crippen molar-refractivity contribution < 1.29 is 32.6 Å². The van der Waals surface area contributed by atoms with Crippen LogP contribution in [0.5, 0.6) is 0 Å². The fourth-order valence-electron chi connectivity index (χ4n) is 5.80. The third-order valence-corrected chi connectivity index (χ3v) is 8.18. The standard InChI is InChI=1S/C29H35Cl2F4N5O3/c30-19-10-6-9-18(11-19)27(43)38-28(36-22-13-20(31)12-21(32)14-22)37-26-24(17-7-4-2-1-3-5-8-17)25(29(33,34)35)39-40(26)15-23(42)16-41/h6,9-14,17,23-26,39,41-42H,1-5,7-8,15-16H2,(H2,36,37,38,43). The lowest BCUT2D eigenvalue weighted by atomic mass is 9.77. The zero-order valence-electron chi connectivity index (χ0n) is 23.3. The molecule has 236 valence electrons. The van der Waals surface area contributed by atoms with Gasteiger partial charge in [0.15, 0.2) is 0 Å². The van der Waals surface area contributed by atoms with E-state index in [1.807, 2.05) is 0 Å². The molecule has 4 rings (SSSR count). The van der Waals surface area contributed by atoms with Crippen LogP contribution in [-0.4, -0.2) is 64.7 Å². The summed E-state index contributed by atoms with van der Waals surface area (Å²) in [5.41, 5.74) is 2.75. The number of nitrogens with one attached hydrogen (secondary N) is 3. The summed E-state index contributed by atoms with van der Waals surface area (Å²) in [6.45, 7) is -1.06. The van der Waals surface area contributed by atoms with Gasteiger partial charge in [0, 0.05) is 33.8 Å². The monoisotopic (exact) mass is 647 g/mol. The summed E-state index contributed by atoms with van der Waals surface area (Å²) in [5.74, 6) is -3.09. The molecule has 1 saturated carbocycles. The van der Waals surface area contributed by atoms with E-state index >= 15 is 0 Å². The highest BCUT2D eigenvalue weighted by Gasteiger charge is 2.56. The first kappa shape index (κ1) is 33.4. The number of rotatable bonds is 7. The number of carbonyl (C=O) groups excluding carboxylic acids is 1. The van der Waals surface area contributed by atoms with E-state index in [-0.39, 0.29) is 39.7 Å². The van der Waals surface area contributed by atoms with Gasteiger partial charge in [-0.1, -0.05) is 61.4 Å². The van der Waals surface area contributed by atoms with Gasteiger partial charge >= 0.3 is 6.18 Å². The van der Waals surface area contributed by atoms with Crippen molar-refractivity contribution in [3.63, 3.8) is 0 Å². The summed E-state index contributed by atoms with van der Waals surface area (Å²) in [6.07, 6.45) is -1.77. The number of benzene rings is 2. The molecule has 5 N–H and O–H groups in total. The molecule has 8 nitrogen and oxygen atoms in total. The van der Waals surface area contributed by atoms with Gasteiger partial charge in [0.2, 0.25) is 5.96 Å². The van der Waals surface area contributed by atoms with Crippen LogP contribution in [-0.2, 0) is 0 Å². The van der Waals surface area contributed by atoms with Gasteiger partial charge in [0.05, 0.1) is 12.7 Å². The van der Waals surface area contributed by atoms with Crippen molar-refractivity contribution in [2.24, 2.45) is 16.8 Å². The summed E-state index contributed by atoms with van der Waals surface area (Å²) in [7, 11) is 0. The van der Waals surface area contributed by atoms with E-state index in [9.17, 15) is 32.6 Å². The Bertz CT molecular complexity index is 1260. The number of hydrazine groups is 1. The zero-order chi connectivity index (χ0) is 31.1. The molecule has 2 aliphatic rings. The summed E-state index contributed by atoms with van der Waals surface area (Å²) < 4.78 is 57.9. The largest absolute Gasteiger partial charge is 0.405 e. The highest BCUT2D eigenvalue weighted by molar-refractivity contribution is 6.31. The minimum Gasteiger partial charge on any atom is -0.394 e. The summed E-state index contributed by atoms with van der Waals surface area (Å²) in [6, 6.07) is 7.59. The van der Waals surface area contributed by atoms with Gasteiger partial charge in [-0.05, 0) is 55.2 Å². The Balaban J connectivity index is 1.79. The molecule has 2 fully saturated rings. The third-order valence-electron chi connectivity index (χ3n) is 7.72. The van der Waals surface area contributed by atoms with E-state index in [0.717, 1.165) is 49.2 Å². The molecule has 43 heavy (non-hydrogen) atoms. The Morgan fingerprint density at radius 3 is 2.40 bits per heavy atom. The van der Waals surface area contributed by atoms with Gasteiger partial charge < -0.3 is 15.5 Å². The SMILES string of the molecule is O=C(NC(=NC1C(C2CCCCCCC2)C(C(F)(F)F)NN1CC(O)CO)Nc1cc(F)cc(Cl)c1)c1cccc(Cl)c1. The number of aliphatic imine (C=N–C) groups is 1. The first-order chi connectivity index (χ1) is 20.4. The van der Waals surface area contributed by atoms with Crippen LogP contribution < -0.4 is 16.1 Å². The first-order valence-corrected chi connectivity index (χ1v) is 15.0. The van der Waals surface area contributed by atoms with Crippen molar-refractivity contribution >= 4 is 40.8 Å². The normalized spacial score (nSPS) is 23.4. The fourth-order valence-corrected chi connectivity index (χ4v) is 6.21. The Hall–Kier alpha value is -2.48. The van der Waals surface area contributed by atoms with Crippen LogP contribution in [0.4, 0.5) is 23.2 Å². The van der Waals surface area contributed by atoms with Crippen LogP contribution in [0.25, 0.3) is 0 Å². The molecule has 1 saturated heterocycles. The number of anilines is 1. The smallest absolute Gasteiger partial charge is 0.394 e. The Labute approximate surface area is 257 Å². The lowest BCUT2D eigenvalue weighted by Crippen LogP contribution is -2.48. The molecule has 14 heteroatoms. The highest BCUT2D eigenvalue weighted by Crippen LogP contribution is 2.43. The lowest BCUT2D eigenvalue weighted by Gasteiger charge is -2.33. The van der Waals surface area contributed by atoms with Crippen molar-refractivity contribution in [3.05, 3.63) is 63.9 Å². The number of hydrogen-bond acceptors (Lipinski definition) is 6. The molecule has 4 unspecified atom stereocenters. The number of β-amino-alcohol motifs (C(OH)–C–C–N with tert-alkyl or cyclic N) is 1. The highest BCUT2D eigenvalue weighted by atomic mass is 35.5. The number of hydrogen-bond donors (Lipinski definition) is 5. The van der Waals surface area contributed by atoms with Crippen LogP contribution in [0.1, 0.15) is 55.3 Å². The predicted molar refractivity (Wildman–Crippen MR) is 157 cm³/mol. The van der Waals surface area contributed by atoms with Crippen molar-refractivity contribution in [3.8, 4) is 0 Å².